The highest BCUT2D eigenvalue weighted by Gasteiger charge is 2.49. The standard InChI is InChI=1S/C20H24N4O2S/c1-15(26-2)19(25)24-20(11-7-12-21,17-9-4-3-5-10-17)27-18(23-24)16-8-6-13-22-14-16/h3-6,8-10,13-15H,7,11-12,21H2,1-2H3/t15-,20?/m0/s1. The number of methoxy groups -OCH3 is 1. The van der Waals surface area contributed by atoms with Gasteiger partial charge in [-0.2, -0.15) is 5.10 Å². The van der Waals surface area contributed by atoms with Crippen LogP contribution in [0.2, 0.25) is 0 Å². The zero-order chi connectivity index (χ0) is 19.3. The van der Waals surface area contributed by atoms with Crippen molar-refractivity contribution in [1.82, 2.24) is 9.99 Å². The predicted octanol–water partition coefficient (Wildman–Crippen LogP) is 2.95. The quantitative estimate of drug-likeness (QED) is 0.794. The van der Waals surface area contributed by atoms with Crippen LogP contribution in [0.3, 0.4) is 0 Å². The third-order valence-electron chi connectivity index (χ3n) is 4.56. The van der Waals surface area contributed by atoms with E-state index in [9.17, 15) is 4.79 Å². The van der Waals surface area contributed by atoms with Crippen molar-refractivity contribution in [3.63, 3.8) is 0 Å². The molecule has 2 heterocycles. The number of benzene rings is 1. The van der Waals surface area contributed by atoms with Crippen LogP contribution < -0.4 is 5.73 Å². The van der Waals surface area contributed by atoms with E-state index in [4.69, 9.17) is 15.6 Å². The summed E-state index contributed by atoms with van der Waals surface area (Å²) in [7, 11) is 1.53. The second-order valence-electron chi connectivity index (χ2n) is 6.32. The third kappa shape index (κ3) is 3.90. The van der Waals surface area contributed by atoms with Crippen LogP contribution >= 0.6 is 11.8 Å². The fourth-order valence-corrected chi connectivity index (χ4v) is 4.42. The molecular weight excluding hydrogens is 360 g/mol. The molecule has 0 spiro atoms. The van der Waals surface area contributed by atoms with E-state index in [1.807, 2.05) is 42.5 Å². The molecule has 2 atom stereocenters. The lowest BCUT2D eigenvalue weighted by molar-refractivity contribution is -0.144. The van der Waals surface area contributed by atoms with Gasteiger partial charge in [-0.25, -0.2) is 5.01 Å². The van der Waals surface area contributed by atoms with Gasteiger partial charge in [-0.3, -0.25) is 9.78 Å². The monoisotopic (exact) mass is 384 g/mol. The first kappa shape index (κ1) is 19.5. The Bertz CT molecular complexity index is 800. The summed E-state index contributed by atoms with van der Waals surface area (Å²) >= 11 is 1.57. The molecule has 6 nitrogen and oxygen atoms in total. The number of nitrogens with two attached hydrogens (primary N) is 1. The number of pyridine rings is 1. The molecule has 1 amide bonds. The molecular formula is C20H24N4O2S. The number of thioether (sulfide) groups is 1. The van der Waals surface area contributed by atoms with Gasteiger partial charge in [-0.05, 0) is 44.0 Å². The van der Waals surface area contributed by atoms with Gasteiger partial charge in [0.15, 0.2) is 0 Å². The molecule has 0 fully saturated rings. The highest BCUT2D eigenvalue weighted by molar-refractivity contribution is 8.15. The van der Waals surface area contributed by atoms with E-state index >= 15 is 0 Å². The fourth-order valence-electron chi connectivity index (χ4n) is 3.02. The van der Waals surface area contributed by atoms with Crippen molar-refractivity contribution in [2.45, 2.75) is 30.7 Å². The van der Waals surface area contributed by atoms with Gasteiger partial charge in [0.2, 0.25) is 0 Å². The second-order valence-corrected chi connectivity index (χ2v) is 7.59. The maximum Gasteiger partial charge on any atom is 0.273 e. The summed E-state index contributed by atoms with van der Waals surface area (Å²) in [5.74, 6) is -0.176. The minimum Gasteiger partial charge on any atom is -0.372 e. The van der Waals surface area contributed by atoms with E-state index in [1.165, 1.54) is 7.11 Å². The molecule has 142 valence electrons. The summed E-state index contributed by atoms with van der Waals surface area (Å²) in [4.78, 5) is 16.7. The lowest BCUT2D eigenvalue weighted by Crippen LogP contribution is -2.46. The average molecular weight is 385 g/mol. The molecule has 0 bridgehead atoms. The van der Waals surface area contributed by atoms with Crippen molar-refractivity contribution >= 4 is 22.7 Å². The molecule has 1 unspecified atom stereocenters. The van der Waals surface area contributed by atoms with E-state index in [-0.39, 0.29) is 5.91 Å². The highest BCUT2D eigenvalue weighted by Crippen LogP contribution is 2.50. The Morgan fingerprint density at radius 3 is 2.70 bits per heavy atom. The normalized spacial score (nSPS) is 20.4. The molecule has 1 aliphatic heterocycles. The molecule has 0 radical (unpaired) electrons. The van der Waals surface area contributed by atoms with Gasteiger partial charge in [0.1, 0.15) is 16.0 Å². The van der Waals surface area contributed by atoms with Gasteiger partial charge in [0.25, 0.3) is 5.91 Å². The number of rotatable bonds is 7. The Kier molecular flexibility index (Phi) is 6.26. The topological polar surface area (TPSA) is 80.8 Å². The van der Waals surface area contributed by atoms with Gasteiger partial charge in [-0.1, -0.05) is 42.1 Å². The number of hydrazone groups is 1. The first-order valence-electron chi connectivity index (χ1n) is 8.93. The maximum absolute atomic E-state index is 13.1. The van der Waals surface area contributed by atoms with E-state index in [1.54, 1.807) is 36.1 Å². The van der Waals surface area contributed by atoms with Crippen molar-refractivity contribution in [1.29, 1.82) is 0 Å². The highest BCUT2D eigenvalue weighted by atomic mass is 32.2. The molecule has 3 rings (SSSR count). The van der Waals surface area contributed by atoms with E-state index in [0.717, 1.165) is 22.6 Å². The Morgan fingerprint density at radius 1 is 1.30 bits per heavy atom. The molecule has 27 heavy (non-hydrogen) atoms. The van der Waals surface area contributed by atoms with Crippen molar-refractivity contribution in [2.75, 3.05) is 13.7 Å². The van der Waals surface area contributed by atoms with Crippen LogP contribution in [0.4, 0.5) is 0 Å². The summed E-state index contributed by atoms with van der Waals surface area (Å²) in [5.41, 5.74) is 7.71. The number of carbonyl (C=O) groups excluding carboxylic acids is 1. The first-order valence-corrected chi connectivity index (χ1v) is 9.74. The van der Waals surface area contributed by atoms with Crippen LogP contribution in [0.5, 0.6) is 0 Å². The Hall–Kier alpha value is -2.22. The number of nitrogens with zero attached hydrogens (tertiary/aromatic N) is 3. The molecule has 1 aromatic carbocycles. The number of hydrogen-bond acceptors (Lipinski definition) is 6. The van der Waals surface area contributed by atoms with Crippen LogP contribution in [-0.4, -0.2) is 40.7 Å². The van der Waals surface area contributed by atoms with E-state index in [2.05, 4.69) is 4.98 Å². The van der Waals surface area contributed by atoms with Gasteiger partial charge in [-0.15, -0.1) is 0 Å². The van der Waals surface area contributed by atoms with Gasteiger partial charge in [0, 0.05) is 25.1 Å². The lowest BCUT2D eigenvalue weighted by Gasteiger charge is -2.36. The molecule has 1 aromatic heterocycles. The molecule has 2 aromatic rings. The van der Waals surface area contributed by atoms with Gasteiger partial charge in [0.05, 0.1) is 0 Å². The second kappa shape index (κ2) is 8.65. The van der Waals surface area contributed by atoms with Crippen molar-refractivity contribution in [2.24, 2.45) is 10.8 Å². The van der Waals surface area contributed by atoms with Crippen LogP contribution in [0, 0.1) is 0 Å². The largest absolute Gasteiger partial charge is 0.372 e. The SMILES string of the molecule is CO[C@@H](C)C(=O)N1N=C(c2cccnc2)SC1(CCCN)c1ccccc1. The number of ether oxygens (including phenoxy) is 1. The minimum absolute atomic E-state index is 0.176. The summed E-state index contributed by atoms with van der Waals surface area (Å²) in [6, 6.07) is 13.8. The minimum atomic E-state index is -0.657. The summed E-state index contributed by atoms with van der Waals surface area (Å²) in [5, 5.41) is 7.06. The molecule has 7 heteroatoms. The third-order valence-corrected chi connectivity index (χ3v) is 6.02. The van der Waals surface area contributed by atoms with Crippen molar-refractivity contribution < 1.29 is 9.53 Å². The Balaban J connectivity index is 2.10. The molecule has 2 N–H and O–H groups in total. The fraction of sp³-hybridized carbons (Fsp3) is 0.350. The zero-order valence-corrected chi connectivity index (χ0v) is 16.4. The summed E-state index contributed by atoms with van der Waals surface area (Å²) in [6.45, 7) is 2.28. The van der Waals surface area contributed by atoms with Gasteiger partial charge < -0.3 is 10.5 Å². The zero-order valence-electron chi connectivity index (χ0n) is 15.5. The average Bonchev–Trinajstić information content (AvgIpc) is 3.13. The molecule has 0 saturated carbocycles. The maximum atomic E-state index is 13.1. The Morgan fingerprint density at radius 2 is 2.07 bits per heavy atom. The number of aromatic nitrogens is 1. The van der Waals surface area contributed by atoms with Crippen LogP contribution in [-0.2, 0) is 14.4 Å². The molecule has 0 saturated heterocycles. The summed E-state index contributed by atoms with van der Waals surface area (Å²) < 4.78 is 5.29. The summed E-state index contributed by atoms with van der Waals surface area (Å²) in [6.07, 6.45) is 4.34. The first-order chi connectivity index (χ1) is 13.1. The smallest absolute Gasteiger partial charge is 0.273 e. The van der Waals surface area contributed by atoms with E-state index < -0.39 is 11.0 Å². The Labute approximate surface area is 163 Å². The number of carbonyl (C=O) groups is 1. The van der Waals surface area contributed by atoms with Gasteiger partial charge >= 0.3 is 0 Å². The molecule has 1 aliphatic rings. The number of amides is 1. The van der Waals surface area contributed by atoms with Crippen LogP contribution in [0.25, 0.3) is 0 Å². The molecule has 0 aliphatic carbocycles. The van der Waals surface area contributed by atoms with Crippen LogP contribution in [0.15, 0.2) is 60.0 Å². The van der Waals surface area contributed by atoms with Crippen LogP contribution in [0.1, 0.15) is 30.9 Å². The van der Waals surface area contributed by atoms with Crippen molar-refractivity contribution in [3.05, 3.63) is 66.0 Å². The van der Waals surface area contributed by atoms with E-state index in [0.29, 0.717) is 13.0 Å². The van der Waals surface area contributed by atoms with Crippen molar-refractivity contribution in [3.8, 4) is 0 Å². The predicted molar refractivity (Wildman–Crippen MR) is 108 cm³/mol. The number of hydrogen-bond donors (Lipinski definition) is 1. The lowest BCUT2D eigenvalue weighted by atomic mass is 10.00.